The quantitative estimate of drug-likeness (QED) is 0.866. The van der Waals surface area contributed by atoms with Crippen molar-refractivity contribution in [2.45, 2.75) is 6.92 Å². The van der Waals surface area contributed by atoms with Crippen molar-refractivity contribution in [3.05, 3.63) is 47.1 Å². The first kappa shape index (κ1) is 10.8. The van der Waals surface area contributed by atoms with Gasteiger partial charge >= 0.3 is 0 Å². The second kappa shape index (κ2) is 4.41. The molecule has 0 saturated carbocycles. The van der Waals surface area contributed by atoms with Crippen LogP contribution < -0.4 is 10.5 Å². The number of anilines is 1. The molecule has 0 spiro atoms. The molecule has 16 heavy (non-hydrogen) atoms. The van der Waals surface area contributed by atoms with Gasteiger partial charge in [-0.05, 0) is 25.1 Å². The Labute approximate surface area is 98.8 Å². The van der Waals surface area contributed by atoms with Crippen molar-refractivity contribution in [3.8, 4) is 11.6 Å². The highest BCUT2D eigenvalue weighted by atomic mass is 35.5. The lowest BCUT2D eigenvalue weighted by atomic mass is 10.3. The standard InChI is InChI=1S/C12H11ClN2O/c1-8-6-9(14)7-15-12(8)16-11-5-3-2-4-10(11)13/h2-7H,14H2,1H3. The summed E-state index contributed by atoms with van der Waals surface area (Å²) in [6.07, 6.45) is 1.55. The number of aryl methyl sites for hydroxylation is 1. The van der Waals surface area contributed by atoms with Gasteiger partial charge in [0.25, 0.3) is 0 Å². The molecule has 2 aromatic rings. The maximum absolute atomic E-state index is 5.98. The van der Waals surface area contributed by atoms with Gasteiger partial charge in [-0.1, -0.05) is 23.7 Å². The first-order valence-electron chi connectivity index (χ1n) is 4.81. The van der Waals surface area contributed by atoms with E-state index in [-0.39, 0.29) is 0 Å². The molecule has 3 nitrogen and oxygen atoms in total. The minimum Gasteiger partial charge on any atom is -0.437 e. The van der Waals surface area contributed by atoms with E-state index in [2.05, 4.69) is 4.98 Å². The van der Waals surface area contributed by atoms with Crippen molar-refractivity contribution in [2.24, 2.45) is 0 Å². The molecule has 0 aliphatic carbocycles. The van der Waals surface area contributed by atoms with Crippen LogP contribution >= 0.6 is 11.6 Å². The van der Waals surface area contributed by atoms with Gasteiger partial charge in [0, 0.05) is 5.56 Å². The van der Waals surface area contributed by atoms with Crippen LogP contribution in [0.4, 0.5) is 5.69 Å². The lowest BCUT2D eigenvalue weighted by Gasteiger charge is -2.08. The van der Waals surface area contributed by atoms with Gasteiger partial charge < -0.3 is 10.5 Å². The number of nitrogens with zero attached hydrogens (tertiary/aromatic N) is 1. The fraction of sp³-hybridized carbons (Fsp3) is 0.0833. The van der Waals surface area contributed by atoms with Crippen molar-refractivity contribution in [3.63, 3.8) is 0 Å². The molecule has 0 unspecified atom stereocenters. The molecule has 0 radical (unpaired) electrons. The lowest BCUT2D eigenvalue weighted by molar-refractivity contribution is 0.459. The first-order chi connectivity index (χ1) is 7.66. The predicted octanol–water partition coefficient (Wildman–Crippen LogP) is 3.42. The van der Waals surface area contributed by atoms with E-state index in [1.54, 1.807) is 24.4 Å². The van der Waals surface area contributed by atoms with Crippen LogP contribution in [0, 0.1) is 6.92 Å². The van der Waals surface area contributed by atoms with Crippen molar-refractivity contribution in [1.29, 1.82) is 0 Å². The number of halogens is 1. The second-order valence-electron chi connectivity index (χ2n) is 3.42. The zero-order chi connectivity index (χ0) is 11.5. The van der Waals surface area contributed by atoms with Gasteiger partial charge in [-0.3, -0.25) is 0 Å². The van der Waals surface area contributed by atoms with Gasteiger partial charge in [0.2, 0.25) is 5.88 Å². The number of aromatic nitrogens is 1. The molecule has 0 bridgehead atoms. The summed E-state index contributed by atoms with van der Waals surface area (Å²) in [5.74, 6) is 1.10. The molecular formula is C12H11ClN2O. The van der Waals surface area contributed by atoms with Crippen molar-refractivity contribution in [1.82, 2.24) is 4.98 Å². The number of para-hydroxylation sites is 1. The van der Waals surface area contributed by atoms with Crippen LogP contribution in [0.1, 0.15) is 5.56 Å². The molecule has 0 amide bonds. The van der Waals surface area contributed by atoms with Crippen molar-refractivity contribution < 1.29 is 4.74 Å². The van der Waals surface area contributed by atoms with Crippen LogP contribution in [0.15, 0.2) is 36.5 Å². The molecule has 1 aromatic carbocycles. The molecule has 2 rings (SSSR count). The zero-order valence-electron chi connectivity index (χ0n) is 8.77. The molecular weight excluding hydrogens is 224 g/mol. The molecule has 1 heterocycles. The predicted molar refractivity (Wildman–Crippen MR) is 64.9 cm³/mol. The third-order valence-electron chi connectivity index (χ3n) is 2.09. The molecule has 82 valence electrons. The Morgan fingerprint density at radius 1 is 1.31 bits per heavy atom. The van der Waals surface area contributed by atoms with E-state index in [1.807, 2.05) is 19.1 Å². The molecule has 0 atom stereocenters. The van der Waals surface area contributed by atoms with Crippen molar-refractivity contribution in [2.75, 3.05) is 5.73 Å². The van der Waals surface area contributed by atoms with Crippen LogP contribution in [0.2, 0.25) is 5.02 Å². The maximum atomic E-state index is 5.98. The highest BCUT2D eigenvalue weighted by Gasteiger charge is 2.05. The Bertz CT molecular complexity index is 514. The number of ether oxygens (including phenoxy) is 1. The summed E-state index contributed by atoms with van der Waals surface area (Å²) < 4.78 is 5.60. The molecule has 0 aliphatic heterocycles. The number of hydrogen-bond acceptors (Lipinski definition) is 3. The fourth-order valence-corrected chi connectivity index (χ4v) is 1.50. The minimum absolute atomic E-state index is 0.516. The average molecular weight is 235 g/mol. The first-order valence-corrected chi connectivity index (χ1v) is 5.19. The van der Waals surface area contributed by atoms with Crippen molar-refractivity contribution >= 4 is 17.3 Å². The number of nitrogens with two attached hydrogens (primary N) is 1. The average Bonchev–Trinajstić information content (AvgIpc) is 2.25. The minimum atomic E-state index is 0.516. The Morgan fingerprint density at radius 2 is 2.06 bits per heavy atom. The normalized spacial score (nSPS) is 10.1. The lowest BCUT2D eigenvalue weighted by Crippen LogP contribution is -1.94. The summed E-state index contributed by atoms with van der Waals surface area (Å²) in [5, 5.41) is 0.556. The highest BCUT2D eigenvalue weighted by molar-refractivity contribution is 6.32. The highest BCUT2D eigenvalue weighted by Crippen LogP contribution is 2.29. The molecule has 0 fully saturated rings. The summed E-state index contributed by atoms with van der Waals surface area (Å²) >= 11 is 5.98. The van der Waals surface area contributed by atoms with Crippen LogP contribution in [-0.4, -0.2) is 4.98 Å². The van der Waals surface area contributed by atoms with E-state index < -0.39 is 0 Å². The van der Waals surface area contributed by atoms with Crippen LogP contribution in [-0.2, 0) is 0 Å². The SMILES string of the molecule is Cc1cc(N)cnc1Oc1ccccc1Cl. The maximum Gasteiger partial charge on any atom is 0.222 e. The monoisotopic (exact) mass is 234 g/mol. The van der Waals surface area contributed by atoms with Gasteiger partial charge in [0.15, 0.2) is 0 Å². The van der Waals surface area contributed by atoms with E-state index in [0.717, 1.165) is 5.56 Å². The van der Waals surface area contributed by atoms with Gasteiger partial charge in [-0.15, -0.1) is 0 Å². The van der Waals surface area contributed by atoms with Crippen LogP contribution in [0.25, 0.3) is 0 Å². The van der Waals surface area contributed by atoms with Gasteiger partial charge in [0.05, 0.1) is 16.9 Å². The van der Waals surface area contributed by atoms with E-state index >= 15 is 0 Å². The Balaban J connectivity index is 2.31. The molecule has 2 N–H and O–H groups in total. The zero-order valence-corrected chi connectivity index (χ0v) is 9.53. The Morgan fingerprint density at radius 3 is 2.75 bits per heavy atom. The van der Waals surface area contributed by atoms with E-state index in [9.17, 15) is 0 Å². The topological polar surface area (TPSA) is 48.1 Å². The fourth-order valence-electron chi connectivity index (χ4n) is 1.32. The van der Waals surface area contributed by atoms with Gasteiger partial charge in [0.1, 0.15) is 5.75 Å². The molecule has 4 heteroatoms. The van der Waals surface area contributed by atoms with Gasteiger partial charge in [-0.2, -0.15) is 0 Å². The Hall–Kier alpha value is -1.74. The summed E-state index contributed by atoms with van der Waals surface area (Å²) in [6.45, 7) is 1.88. The summed E-state index contributed by atoms with van der Waals surface area (Å²) in [6, 6.07) is 9.06. The third-order valence-corrected chi connectivity index (χ3v) is 2.41. The molecule has 1 aromatic heterocycles. The van der Waals surface area contributed by atoms with E-state index in [1.165, 1.54) is 0 Å². The molecule has 0 aliphatic rings. The third kappa shape index (κ3) is 2.25. The van der Waals surface area contributed by atoms with Crippen LogP contribution in [0.5, 0.6) is 11.6 Å². The number of pyridine rings is 1. The number of rotatable bonds is 2. The summed E-state index contributed by atoms with van der Waals surface area (Å²) in [7, 11) is 0. The summed E-state index contributed by atoms with van der Waals surface area (Å²) in [4.78, 5) is 4.11. The smallest absolute Gasteiger partial charge is 0.222 e. The summed E-state index contributed by atoms with van der Waals surface area (Å²) in [5.41, 5.74) is 7.10. The van der Waals surface area contributed by atoms with E-state index in [0.29, 0.717) is 22.3 Å². The van der Waals surface area contributed by atoms with Crippen LogP contribution in [0.3, 0.4) is 0 Å². The molecule has 0 saturated heterocycles. The number of nitrogen functional groups attached to an aromatic ring is 1. The second-order valence-corrected chi connectivity index (χ2v) is 3.83. The Kier molecular flexibility index (Phi) is 2.97. The van der Waals surface area contributed by atoms with Gasteiger partial charge in [-0.25, -0.2) is 4.98 Å². The van der Waals surface area contributed by atoms with E-state index in [4.69, 9.17) is 22.1 Å². The largest absolute Gasteiger partial charge is 0.437 e. The number of benzene rings is 1. The number of hydrogen-bond donors (Lipinski definition) is 1.